The fourth-order valence-corrected chi connectivity index (χ4v) is 4.20. The van der Waals surface area contributed by atoms with Gasteiger partial charge in [-0.25, -0.2) is 6.57 Å². The van der Waals surface area contributed by atoms with Crippen molar-refractivity contribution in [3.63, 3.8) is 0 Å². The standard InChI is InChI=1S/C21H16N2O2S/c1-3-15(22-2)12-4-6-13(7-5-12)18-17(24)9-8-16-19(18)14-10-11-26-20(14)21(25)23-16/h4-11,15,24H,3H2,1H3,(H,23,25). The van der Waals surface area contributed by atoms with Gasteiger partial charge in [-0.15, -0.1) is 11.3 Å². The molecule has 26 heavy (non-hydrogen) atoms. The highest BCUT2D eigenvalue weighted by Gasteiger charge is 2.17. The number of phenolic OH excluding ortho intramolecular Hbond substituents is 1. The second-order valence-electron chi connectivity index (χ2n) is 6.17. The van der Waals surface area contributed by atoms with Crippen molar-refractivity contribution in [1.29, 1.82) is 0 Å². The van der Waals surface area contributed by atoms with Crippen LogP contribution in [0.4, 0.5) is 0 Å². The smallest absolute Gasteiger partial charge is 0.266 e. The number of benzene rings is 2. The lowest BCUT2D eigenvalue weighted by molar-refractivity contribution is 0.478. The van der Waals surface area contributed by atoms with Crippen LogP contribution in [0.25, 0.3) is 37.0 Å². The van der Waals surface area contributed by atoms with E-state index < -0.39 is 0 Å². The fraction of sp³-hybridized carbons (Fsp3) is 0.143. The van der Waals surface area contributed by atoms with Gasteiger partial charge >= 0.3 is 0 Å². The Labute approximate surface area is 154 Å². The fourth-order valence-electron chi connectivity index (χ4n) is 3.40. The quantitative estimate of drug-likeness (QED) is 0.475. The molecule has 128 valence electrons. The molecule has 0 radical (unpaired) electrons. The number of hydrogen-bond donors (Lipinski definition) is 2. The van der Waals surface area contributed by atoms with Crippen molar-refractivity contribution in [2.24, 2.45) is 0 Å². The number of pyridine rings is 1. The number of rotatable bonds is 3. The molecule has 0 saturated heterocycles. The first-order valence-corrected chi connectivity index (χ1v) is 9.24. The summed E-state index contributed by atoms with van der Waals surface area (Å²) >= 11 is 1.39. The summed E-state index contributed by atoms with van der Waals surface area (Å²) in [6.07, 6.45) is 0.763. The van der Waals surface area contributed by atoms with Crippen LogP contribution in [0, 0.1) is 6.57 Å². The molecule has 0 saturated carbocycles. The molecule has 0 fully saturated rings. The van der Waals surface area contributed by atoms with Crippen molar-refractivity contribution >= 4 is 32.3 Å². The van der Waals surface area contributed by atoms with E-state index in [2.05, 4.69) is 9.83 Å². The van der Waals surface area contributed by atoms with E-state index in [-0.39, 0.29) is 17.4 Å². The van der Waals surface area contributed by atoms with Crippen molar-refractivity contribution in [2.75, 3.05) is 0 Å². The number of nitrogens with one attached hydrogen (secondary N) is 1. The van der Waals surface area contributed by atoms with Gasteiger partial charge in [0.15, 0.2) is 0 Å². The van der Waals surface area contributed by atoms with Gasteiger partial charge in [0, 0.05) is 33.8 Å². The van der Waals surface area contributed by atoms with Gasteiger partial charge < -0.3 is 14.9 Å². The summed E-state index contributed by atoms with van der Waals surface area (Å²) in [6.45, 7) is 9.30. The number of thiophene rings is 1. The van der Waals surface area contributed by atoms with Crippen LogP contribution >= 0.6 is 11.3 Å². The Kier molecular flexibility index (Phi) is 3.98. The van der Waals surface area contributed by atoms with Crippen LogP contribution in [0.15, 0.2) is 52.6 Å². The molecule has 0 spiro atoms. The van der Waals surface area contributed by atoms with Gasteiger partial charge in [0.05, 0.1) is 0 Å². The van der Waals surface area contributed by atoms with E-state index >= 15 is 0 Å². The maximum atomic E-state index is 12.2. The highest BCUT2D eigenvalue weighted by molar-refractivity contribution is 7.17. The Bertz CT molecular complexity index is 1210. The Morgan fingerprint density at radius 2 is 1.96 bits per heavy atom. The van der Waals surface area contributed by atoms with Crippen LogP contribution in [-0.2, 0) is 0 Å². The van der Waals surface area contributed by atoms with Crippen LogP contribution < -0.4 is 5.56 Å². The molecule has 0 aliphatic rings. The van der Waals surface area contributed by atoms with Crippen molar-refractivity contribution < 1.29 is 5.11 Å². The van der Waals surface area contributed by atoms with E-state index in [1.807, 2.05) is 42.6 Å². The predicted molar refractivity (Wildman–Crippen MR) is 107 cm³/mol. The summed E-state index contributed by atoms with van der Waals surface area (Å²) in [5.74, 6) is 0.169. The third-order valence-corrected chi connectivity index (χ3v) is 5.61. The molecule has 0 bridgehead atoms. The number of aromatic hydroxyl groups is 1. The number of phenols is 1. The van der Waals surface area contributed by atoms with Crippen molar-refractivity contribution in [3.8, 4) is 16.9 Å². The third kappa shape index (κ3) is 2.47. The molecule has 4 aromatic rings. The lowest BCUT2D eigenvalue weighted by Gasteiger charge is -2.11. The molecule has 1 unspecified atom stereocenters. The summed E-state index contributed by atoms with van der Waals surface area (Å²) in [7, 11) is 0. The zero-order chi connectivity index (χ0) is 18.3. The average Bonchev–Trinajstić information content (AvgIpc) is 3.15. The van der Waals surface area contributed by atoms with E-state index in [0.29, 0.717) is 15.8 Å². The molecule has 0 amide bonds. The largest absolute Gasteiger partial charge is 0.507 e. The SMILES string of the molecule is [C-]#[N+]C(CC)c1ccc(-c2c(O)ccc3[nH]c(=O)c4sccc4c23)cc1. The number of hydrogen-bond acceptors (Lipinski definition) is 3. The lowest BCUT2D eigenvalue weighted by Crippen LogP contribution is -2.04. The molecule has 4 nitrogen and oxygen atoms in total. The Morgan fingerprint density at radius 3 is 2.65 bits per heavy atom. The summed E-state index contributed by atoms with van der Waals surface area (Å²) < 4.78 is 0.653. The first-order valence-electron chi connectivity index (χ1n) is 8.36. The van der Waals surface area contributed by atoms with Gasteiger partial charge in [0.2, 0.25) is 6.04 Å². The van der Waals surface area contributed by atoms with Crippen LogP contribution in [0.3, 0.4) is 0 Å². The summed E-state index contributed by atoms with van der Waals surface area (Å²) in [6, 6.07) is 12.8. The van der Waals surface area contributed by atoms with Gasteiger partial charge in [-0.2, -0.15) is 0 Å². The summed E-state index contributed by atoms with van der Waals surface area (Å²) in [5.41, 5.74) is 3.11. The summed E-state index contributed by atoms with van der Waals surface area (Å²) in [5, 5.41) is 14.1. The molecule has 0 aliphatic heterocycles. The van der Waals surface area contributed by atoms with Gasteiger partial charge in [0.25, 0.3) is 5.56 Å². The first-order chi connectivity index (χ1) is 12.6. The Morgan fingerprint density at radius 1 is 1.19 bits per heavy atom. The second kappa shape index (κ2) is 6.32. The van der Waals surface area contributed by atoms with Gasteiger partial charge in [-0.05, 0) is 29.1 Å². The second-order valence-corrected chi connectivity index (χ2v) is 7.09. The maximum absolute atomic E-state index is 12.2. The van der Waals surface area contributed by atoms with Gasteiger partial charge in [-0.3, -0.25) is 4.79 Å². The molecule has 5 heteroatoms. The average molecular weight is 360 g/mol. The molecule has 1 atom stereocenters. The van der Waals surface area contributed by atoms with Crippen LogP contribution in [0.5, 0.6) is 5.75 Å². The number of aromatic amines is 1. The van der Waals surface area contributed by atoms with Crippen LogP contribution in [0.2, 0.25) is 0 Å². The molecule has 0 aliphatic carbocycles. The highest BCUT2D eigenvalue weighted by Crippen LogP contribution is 2.40. The number of fused-ring (bicyclic) bond motifs is 3. The topological polar surface area (TPSA) is 57.4 Å². The number of aromatic nitrogens is 1. The molecule has 2 aromatic heterocycles. The maximum Gasteiger partial charge on any atom is 0.266 e. The first kappa shape index (κ1) is 16.4. The van der Waals surface area contributed by atoms with E-state index in [1.165, 1.54) is 11.3 Å². The van der Waals surface area contributed by atoms with E-state index in [1.54, 1.807) is 12.1 Å². The van der Waals surface area contributed by atoms with E-state index in [9.17, 15) is 9.90 Å². The number of H-pyrrole nitrogens is 1. The molecule has 2 heterocycles. The van der Waals surface area contributed by atoms with Crippen molar-refractivity contribution in [2.45, 2.75) is 19.4 Å². The van der Waals surface area contributed by atoms with E-state index in [4.69, 9.17) is 6.57 Å². The summed E-state index contributed by atoms with van der Waals surface area (Å²) in [4.78, 5) is 18.8. The van der Waals surface area contributed by atoms with Gasteiger partial charge in [0.1, 0.15) is 10.4 Å². The molecule has 4 rings (SSSR count). The van der Waals surface area contributed by atoms with Crippen LogP contribution in [-0.4, -0.2) is 10.1 Å². The van der Waals surface area contributed by atoms with Crippen molar-refractivity contribution in [3.05, 3.63) is 75.2 Å². The van der Waals surface area contributed by atoms with Crippen LogP contribution in [0.1, 0.15) is 24.9 Å². The van der Waals surface area contributed by atoms with Crippen molar-refractivity contribution in [1.82, 2.24) is 4.98 Å². The Hall–Kier alpha value is -3.10. The van der Waals surface area contributed by atoms with E-state index in [0.717, 1.165) is 28.3 Å². The molecular weight excluding hydrogens is 344 g/mol. The Balaban J connectivity index is 2.00. The molecular formula is C21H16N2O2S. The third-order valence-electron chi connectivity index (χ3n) is 4.70. The van der Waals surface area contributed by atoms with Gasteiger partial charge in [-0.1, -0.05) is 31.2 Å². The zero-order valence-corrected chi connectivity index (χ0v) is 14.9. The minimum atomic E-state index is -0.148. The minimum absolute atomic E-state index is 0.114. The highest BCUT2D eigenvalue weighted by atomic mass is 32.1. The molecule has 2 aromatic carbocycles. The number of nitrogens with zero attached hydrogens (tertiary/aromatic N) is 1. The minimum Gasteiger partial charge on any atom is -0.507 e. The lowest BCUT2D eigenvalue weighted by atomic mass is 9.95. The zero-order valence-electron chi connectivity index (χ0n) is 14.1. The predicted octanol–water partition coefficient (Wildman–Crippen LogP) is 5.49. The normalized spacial score (nSPS) is 12.3. The molecule has 2 N–H and O–H groups in total. The monoisotopic (exact) mass is 360 g/mol.